The predicted molar refractivity (Wildman–Crippen MR) is 63.4 cm³/mol. The minimum absolute atomic E-state index is 0.387. The monoisotopic (exact) mass is 271 g/mol. The van der Waals surface area contributed by atoms with Crippen molar-refractivity contribution in [2.75, 3.05) is 0 Å². The molecule has 0 aliphatic rings. The highest BCUT2D eigenvalue weighted by Gasteiger charge is 2.16. The second-order valence-electron chi connectivity index (χ2n) is 3.67. The van der Waals surface area contributed by atoms with E-state index in [4.69, 9.17) is 10.7 Å². The Morgan fingerprint density at radius 2 is 2.18 bits per heavy atom. The Kier molecular flexibility index (Phi) is 3.17. The lowest BCUT2D eigenvalue weighted by atomic mass is 10.1. The summed E-state index contributed by atoms with van der Waals surface area (Å²) in [5.74, 6) is 0.467. The van der Waals surface area contributed by atoms with Crippen LogP contribution in [0.5, 0.6) is 0 Å². The van der Waals surface area contributed by atoms with E-state index in [0.29, 0.717) is 12.2 Å². The van der Waals surface area contributed by atoms with Crippen molar-refractivity contribution in [1.29, 1.82) is 0 Å². The first-order valence-corrected chi connectivity index (χ1v) is 7.17. The SMILES string of the molecule is Cc1cccc(Cc2nc(S(=O)(=O)Cl)n[nH]2)c1. The Bertz CT molecular complexity index is 637. The maximum Gasteiger partial charge on any atom is 0.298 e. The van der Waals surface area contributed by atoms with E-state index in [9.17, 15) is 8.42 Å². The highest BCUT2D eigenvalue weighted by atomic mass is 35.7. The van der Waals surface area contributed by atoms with Crippen molar-refractivity contribution in [2.24, 2.45) is 0 Å². The van der Waals surface area contributed by atoms with Crippen LogP contribution in [0.3, 0.4) is 0 Å². The number of hydrogen-bond donors (Lipinski definition) is 1. The Morgan fingerprint density at radius 3 is 2.76 bits per heavy atom. The number of benzene rings is 1. The Hall–Kier alpha value is -1.40. The van der Waals surface area contributed by atoms with E-state index >= 15 is 0 Å². The molecule has 17 heavy (non-hydrogen) atoms. The van der Waals surface area contributed by atoms with Gasteiger partial charge >= 0.3 is 0 Å². The number of nitrogens with zero attached hydrogens (tertiary/aromatic N) is 2. The van der Waals surface area contributed by atoms with Crippen LogP contribution in [0.25, 0.3) is 0 Å². The van der Waals surface area contributed by atoms with Crippen molar-refractivity contribution in [3.05, 3.63) is 41.2 Å². The minimum atomic E-state index is -3.86. The van der Waals surface area contributed by atoms with Gasteiger partial charge in [-0.1, -0.05) is 29.8 Å². The van der Waals surface area contributed by atoms with Gasteiger partial charge in [-0.05, 0) is 12.5 Å². The number of aromatic amines is 1. The number of H-pyrrole nitrogens is 1. The molecule has 0 unspecified atom stereocenters. The lowest BCUT2D eigenvalue weighted by Gasteiger charge is -1.98. The highest BCUT2D eigenvalue weighted by Crippen LogP contribution is 2.12. The summed E-state index contributed by atoms with van der Waals surface area (Å²) in [4.78, 5) is 3.82. The van der Waals surface area contributed by atoms with Gasteiger partial charge in [0, 0.05) is 17.1 Å². The first-order valence-electron chi connectivity index (χ1n) is 4.86. The molecular formula is C10H10ClN3O2S. The molecule has 7 heteroatoms. The molecule has 0 fully saturated rings. The molecule has 2 aromatic rings. The molecule has 0 saturated heterocycles. The van der Waals surface area contributed by atoms with Crippen molar-refractivity contribution in [3.63, 3.8) is 0 Å². The van der Waals surface area contributed by atoms with Crippen LogP contribution in [-0.2, 0) is 15.5 Å². The van der Waals surface area contributed by atoms with Crippen molar-refractivity contribution >= 4 is 19.7 Å². The molecular weight excluding hydrogens is 262 g/mol. The Morgan fingerprint density at radius 1 is 1.41 bits per heavy atom. The van der Waals surface area contributed by atoms with Gasteiger partial charge in [-0.2, -0.15) is 0 Å². The molecule has 1 aromatic heterocycles. The summed E-state index contributed by atoms with van der Waals surface area (Å²) in [5.41, 5.74) is 2.16. The number of aryl methyl sites for hydroxylation is 1. The van der Waals surface area contributed by atoms with Crippen molar-refractivity contribution in [2.45, 2.75) is 18.5 Å². The maximum atomic E-state index is 11.0. The molecule has 0 atom stereocenters. The molecule has 0 amide bonds. The molecule has 0 bridgehead atoms. The molecule has 0 saturated carbocycles. The summed E-state index contributed by atoms with van der Waals surface area (Å²) in [6, 6.07) is 7.85. The van der Waals surface area contributed by atoms with Crippen LogP contribution in [0.1, 0.15) is 17.0 Å². The van der Waals surface area contributed by atoms with Gasteiger partial charge in [0.15, 0.2) is 0 Å². The Balaban J connectivity index is 2.23. The summed E-state index contributed by atoms with van der Waals surface area (Å²) in [6.45, 7) is 1.98. The highest BCUT2D eigenvalue weighted by molar-refractivity contribution is 8.13. The fourth-order valence-corrected chi connectivity index (χ4v) is 2.06. The molecule has 1 N–H and O–H groups in total. The quantitative estimate of drug-likeness (QED) is 0.861. The van der Waals surface area contributed by atoms with E-state index < -0.39 is 9.05 Å². The third kappa shape index (κ3) is 3.04. The lowest BCUT2D eigenvalue weighted by Crippen LogP contribution is -1.94. The van der Waals surface area contributed by atoms with Gasteiger partial charge in [-0.3, -0.25) is 5.10 Å². The molecule has 5 nitrogen and oxygen atoms in total. The summed E-state index contributed by atoms with van der Waals surface area (Å²) in [7, 11) is 1.26. The number of hydrogen-bond acceptors (Lipinski definition) is 4. The molecule has 0 spiro atoms. The number of rotatable bonds is 3. The van der Waals surface area contributed by atoms with Gasteiger partial charge in [0.1, 0.15) is 5.82 Å². The average molecular weight is 272 g/mol. The second kappa shape index (κ2) is 4.46. The van der Waals surface area contributed by atoms with Crippen molar-refractivity contribution in [1.82, 2.24) is 15.2 Å². The first-order chi connectivity index (χ1) is 7.95. The summed E-state index contributed by atoms with van der Waals surface area (Å²) in [6.07, 6.45) is 0.487. The number of aromatic nitrogens is 3. The summed E-state index contributed by atoms with van der Waals surface area (Å²) >= 11 is 0. The van der Waals surface area contributed by atoms with Crippen LogP contribution in [0, 0.1) is 6.92 Å². The summed E-state index contributed by atoms with van der Waals surface area (Å²) < 4.78 is 21.9. The zero-order chi connectivity index (χ0) is 12.5. The fourth-order valence-electron chi connectivity index (χ4n) is 1.48. The van der Waals surface area contributed by atoms with Gasteiger partial charge in [0.2, 0.25) is 0 Å². The second-order valence-corrected chi connectivity index (χ2v) is 6.13. The van der Waals surface area contributed by atoms with Crippen LogP contribution in [-0.4, -0.2) is 23.6 Å². The van der Waals surface area contributed by atoms with Crippen molar-refractivity contribution in [3.8, 4) is 0 Å². The molecule has 0 aliphatic heterocycles. The van der Waals surface area contributed by atoms with Gasteiger partial charge in [0.05, 0.1) is 0 Å². The van der Waals surface area contributed by atoms with Crippen LogP contribution in [0.15, 0.2) is 29.4 Å². The number of halogens is 1. The van der Waals surface area contributed by atoms with E-state index in [1.807, 2.05) is 31.2 Å². The van der Waals surface area contributed by atoms with E-state index in [-0.39, 0.29) is 5.16 Å². The van der Waals surface area contributed by atoms with E-state index in [2.05, 4.69) is 15.2 Å². The first kappa shape index (κ1) is 12.1. The zero-order valence-electron chi connectivity index (χ0n) is 9.01. The Labute approximate surface area is 103 Å². The molecule has 90 valence electrons. The van der Waals surface area contributed by atoms with Crippen LogP contribution in [0.2, 0.25) is 0 Å². The molecule has 1 aromatic carbocycles. The van der Waals surface area contributed by atoms with Crippen molar-refractivity contribution < 1.29 is 8.42 Å². The predicted octanol–water partition coefficient (Wildman–Crippen LogP) is 1.63. The third-order valence-electron chi connectivity index (χ3n) is 2.18. The standard InChI is InChI=1S/C10H10ClN3O2S/c1-7-3-2-4-8(5-7)6-9-12-10(14-13-9)17(11,15)16/h2-5H,6H2,1H3,(H,12,13,14). The topological polar surface area (TPSA) is 75.7 Å². The van der Waals surface area contributed by atoms with E-state index in [1.54, 1.807) is 0 Å². The smallest absolute Gasteiger partial charge is 0.262 e. The van der Waals surface area contributed by atoms with Crippen LogP contribution < -0.4 is 0 Å². The van der Waals surface area contributed by atoms with Gasteiger partial charge in [0.25, 0.3) is 14.2 Å². The van der Waals surface area contributed by atoms with E-state index in [0.717, 1.165) is 11.1 Å². The van der Waals surface area contributed by atoms with Gasteiger partial charge in [-0.15, -0.1) is 5.10 Å². The van der Waals surface area contributed by atoms with Gasteiger partial charge in [-0.25, -0.2) is 13.4 Å². The minimum Gasteiger partial charge on any atom is -0.262 e. The number of nitrogens with one attached hydrogen (secondary N) is 1. The normalized spacial score (nSPS) is 11.6. The average Bonchev–Trinajstić information content (AvgIpc) is 2.65. The molecule has 1 heterocycles. The van der Waals surface area contributed by atoms with E-state index in [1.165, 1.54) is 0 Å². The molecule has 2 rings (SSSR count). The summed E-state index contributed by atoms with van der Waals surface area (Å²) in [5, 5.41) is 5.72. The molecule has 0 radical (unpaired) electrons. The largest absolute Gasteiger partial charge is 0.298 e. The van der Waals surface area contributed by atoms with Gasteiger partial charge < -0.3 is 0 Å². The zero-order valence-corrected chi connectivity index (χ0v) is 10.6. The molecule has 0 aliphatic carbocycles. The van der Waals surface area contributed by atoms with Crippen LogP contribution >= 0.6 is 10.7 Å². The lowest BCUT2D eigenvalue weighted by molar-refractivity contribution is 0.601. The maximum absolute atomic E-state index is 11.0. The third-order valence-corrected chi connectivity index (χ3v) is 3.22. The van der Waals surface area contributed by atoms with Crippen LogP contribution in [0.4, 0.5) is 0 Å². The fraction of sp³-hybridized carbons (Fsp3) is 0.200.